The number of carbonyl (C=O) groups excluding carboxylic acids is 2. The molecule has 1 rings (SSSR count). The predicted octanol–water partition coefficient (Wildman–Crippen LogP) is 0.119. The molecule has 1 atom stereocenters. The second kappa shape index (κ2) is 8.12. The van der Waals surface area contributed by atoms with Crippen molar-refractivity contribution in [2.75, 3.05) is 47.1 Å². The van der Waals surface area contributed by atoms with Gasteiger partial charge in [-0.2, -0.15) is 0 Å². The Kier molecular flexibility index (Phi) is 6.80. The molecule has 110 valence electrons. The second-order valence-electron chi connectivity index (χ2n) is 4.76. The fourth-order valence-corrected chi connectivity index (χ4v) is 2.24. The van der Waals surface area contributed by atoms with Crippen LogP contribution in [0.2, 0.25) is 0 Å². The summed E-state index contributed by atoms with van der Waals surface area (Å²) in [5.74, 6) is 0.191. The molecule has 0 radical (unpaired) electrons. The molecule has 19 heavy (non-hydrogen) atoms. The molecule has 0 aliphatic carbocycles. The number of carbonyl (C=O) groups is 2. The van der Waals surface area contributed by atoms with Crippen molar-refractivity contribution in [2.24, 2.45) is 0 Å². The maximum absolute atomic E-state index is 11.9. The van der Waals surface area contributed by atoms with Gasteiger partial charge in [-0.15, -0.1) is 0 Å². The third kappa shape index (κ3) is 4.80. The van der Waals surface area contributed by atoms with Gasteiger partial charge < -0.3 is 19.3 Å². The quantitative estimate of drug-likeness (QED) is 0.689. The van der Waals surface area contributed by atoms with Crippen molar-refractivity contribution in [2.45, 2.75) is 25.8 Å². The van der Waals surface area contributed by atoms with Gasteiger partial charge >= 0.3 is 0 Å². The van der Waals surface area contributed by atoms with Crippen molar-refractivity contribution >= 4 is 11.8 Å². The predicted molar refractivity (Wildman–Crippen MR) is 70.7 cm³/mol. The zero-order valence-corrected chi connectivity index (χ0v) is 12.1. The van der Waals surface area contributed by atoms with Crippen molar-refractivity contribution in [3.05, 3.63) is 0 Å². The molecule has 6 heteroatoms. The molecule has 1 aliphatic rings. The van der Waals surface area contributed by atoms with Crippen LogP contribution in [0.4, 0.5) is 0 Å². The smallest absolute Gasteiger partial charge is 0.225 e. The van der Waals surface area contributed by atoms with Gasteiger partial charge in [-0.3, -0.25) is 9.59 Å². The van der Waals surface area contributed by atoms with Crippen LogP contribution in [-0.4, -0.2) is 74.7 Å². The van der Waals surface area contributed by atoms with Crippen LogP contribution in [0.3, 0.4) is 0 Å². The molecular formula is C13H24N2O4. The molecule has 6 nitrogen and oxygen atoms in total. The molecule has 0 unspecified atom stereocenters. The van der Waals surface area contributed by atoms with Crippen LogP contribution in [-0.2, 0) is 19.1 Å². The van der Waals surface area contributed by atoms with Crippen LogP contribution in [0.25, 0.3) is 0 Å². The molecule has 1 heterocycles. The summed E-state index contributed by atoms with van der Waals surface area (Å²) < 4.78 is 9.82. The molecule has 0 aromatic carbocycles. The Morgan fingerprint density at radius 3 is 2.16 bits per heavy atom. The Labute approximate surface area is 114 Å². The topological polar surface area (TPSA) is 59.1 Å². The van der Waals surface area contributed by atoms with Crippen molar-refractivity contribution in [3.8, 4) is 0 Å². The van der Waals surface area contributed by atoms with Crippen LogP contribution in [0.15, 0.2) is 0 Å². The number of hydrogen-bond donors (Lipinski definition) is 0. The first-order valence-electron chi connectivity index (χ1n) is 6.65. The molecular weight excluding hydrogens is 248 g/mol. The molecule has 0 saturated carbocycles. The Hall–Kier alpha value is -1.14. The summed E-state index contributed by atoms with van der Waals surface area (Å²) in [5.41, 5.74) is 0. The largest absolute Gasteiger partial charge is 0.384 e. The lowest BCUT2D eigenvalue weighted by molar-refractivity contribution is -0.143. The van der Waals surface area contributed by atoms with E-state index < -0.39 is 0 Å². The molecule has 0 bridgehead atoms. The zero-order chi connectivity index (χ0) is 14.3. The standard InChI is InChI=1S/C13H24N2O4/c1-11-10-14(12(16)4-8-18-2)6-7-15(11)13(17)5-9-19-3/h11H,4-10H2,1-3H3/t11-/m0/s1. The molecule has 1 fully saturated rings. The highest BCUT2D eigenvalue weighted by Crippen LogP contribution is 2.12. The van der Waals surface area contributed by atoms with Crippen LogP contribution < -0.4 is 0 Å². The summed E-state index contributed by atoms with van der Waals surface area (Å²) in [4.78, 5) is 27.5. The van der Waals surface area contributed by atoms with Crippen LogP contribution >= 0.6 is 0 Å². The van der Waals surface area contributed by atoms with Crippen molar-refractivity contribution < 1.29 is 19.1 Å². The molecule has 1 aliphatic heterocycles. The fourth-order valence-electron chi connectivity index (χ4n) is 2.24. The van der Waals surface area contributed by atoms with Crippen molar-refractivity contribution in [3.63, 3.8) is 0 Å². The number of ether oxygens (including phenoxy) is 2. The number of hydrogen-bond acceptors (Lipinski definition) is 4. The van der Waals surface area contributed by atoms with Gasteiger partial charge in [0.15, 0.2) is 0 Å². The van der Waals surface area contributed by atoms with E-state index in [9.17, 15) is 9.59 Å². The second-order valence-corrected chi connectivity index (χ2v) is 4.76. The Morgan fingerprint density at radius 1 is 1.05 bits per heavy atom. The lowest BCUT2D eigenvalue weighted by Gasteiger charge is -2.40. The van der Waals surface area contributed by atoms with E-state index in [2.05, 4.69) is 0 Å². The first-order chi connectivity index (χ1) is 9.10. The molecule has 0 aromatic heterocycles. The summed E-state index contributed by atoms with van der Waals surface area (Å²) in [6, 6.07) is 0.0598. The van der Waals surface area contributed by atoms with E-state index in [4.69, 9.17) is 9.47 Å². The number of nitrogens with zero attached hydrogens (tertiary/aromatic N) is 2. The van der Waals surface area contributed by atoms with Crippen LogP contribution in [0.1, 0.15) is 19.8 Å². The Bertz CT molecular complexity index is 309. The fraction of sp³-hybridized carbons (Fsp3) is 0.846. The minimum absolute atomic E-state index is 0.0598. The third-order valence-corrected chi connectivity index (χ3v) is 3.34. The highest BCUT2D eigenvalue weighted by Gasteiger charge is 2.28. The Morgan fingerprint density at radius 2 is 1.63 bits per heavy atom. The van der Waals surface area contributed by atoms with Gasteiger partial charge in [-0.1, -0.05) is 0 Å². The minimum Gasteiger partial charge on any atom is -0.384 e. The number of methoxy groups -OCH3 is 2. The van der Waals surface area contributed by atoms with Crippen LogP contribution in [0.5, 0.6) is 0 Å². The molecule has 0 spiro atoms. The maximum Gasteiger partial charge on any atom is 0.225 e. The van der Waals surface area contributed by atoms with Gasteiger partial charge in [0.2, 0.25) is 11.8 Å². The van der Waals surface area contributed by atoms with Gasteiger partial charge in [-0.25, -0.2) is 0 Å². The highest BCUT2D eigenvalue weighted by molar-refractivity contribution is 5.79. The van der Waals surface area contributed by atoms with E-state index in [0.29, 0.717) is 45.7 Å². The minimum atomic E-state index is 0.0598. The summed E-state index contributed by atoms with van der Waals surface area (Å²) in [6.45, 7) is 4.66. The highest BCUT2D eigenvalue weighted by atomic mass is 16.5. The SMILES string of the molecule is COCCC(=O)N1CCN(C(=O)CCOC)[C@@H](C)C1. The van der Waals surface area contributed by atoms with Gasteiger partial charge in [0.1, 0.15) is 0 Å². The molecule has 1 saturated heterocycles. The van der Waals surface area contributed by atoms with E-state index in [0.717, 1.165) is 0 Å². The van der Waals surface area contributed by atoms with E-state index in [1.54, 1.807) is 14.2 Å². The normalized spacial score (nSPS) is 19.6. The van der Waals surface area contributed by atoms with Gasteiger partial charge in [0, 0.05) is 39.9 Å². The first-order valence-corrected chi connectivity index (χ1v) is 6.65. The first kappa shape index (κ1) is 15.9. The van der Waals surface area contributed by atoms with E-state index in [-0.39, 0.29) is 17.9 Å². The summed E-state index contributed by atoms with van der Waals surface area (Å²) in [5, 5.41) is 0. The molecule has 2 amide bonds. The monoisotopic (exact) mass is 272 g/mol. The number of amides is 2. The molecule has 0 N–H and O–H groups in total. The van der Waals surface area contributed by atoms with Crippen molar-refractivity contribution in [1.29, 1.82) is 0 Å². The van der Waals surface area contributed by atoms with E-state index >= 15 is 0 Å². The number of piperazine rings is 1. The summed E-state index contributed by atoms with van der Waals surface area (Å²) >= 11 is 0. The maximum atomic E-state index is 11.9. The van der Waals surface area contributed by atoms with Gasteiger partial charge in [-0.05, 0) is 6.92 Å². The Balaban J connectivity index is 2.42. The molecule has 0 aromatic rings. The lowest BCUT2D eigenvalue weighted by atomic mass is 10.1. The van der Waals surface area contributed by atoms with E-state index in [1.807, 2.05) is 16.7 Å². The average Bonchev–Trinajstić information content (AvgIpc) is 2.41. The summed E-state index contributed by atoms with van der Waals surface area (Å²) in [6.07, 6.45) is 0.805. The lowest BCUT2D eigenvalue weighted by Crippen LogP contribution is -2.55. The van der Waals surface area contributed by atoms with Gasteiger partial charge in [0.05, 0.1) is 26.1 Å². The average molecular weight is 272 g/mol. The summed E-state index contributed by atoms with van der Waals surface area (Å²) in [7, 11) is 3.17. The number of rotatable bonds is 6. The zero-order valence-electron chi connectivity index (χ0n) is 12.1. The third-order valence-electron chi connectivity index (χ3n) is 3.34. The van der Waals surface area contributed by atoms with E-state index in [1.165, 1.54) is 0 Å². The van der Waals surface area contributed by atoms with Crippen molar-refractivity contribution in [1.82, 2.24) is 9.80 Å². The van der Waals surface area contributed by atoms with Gasteiger partial charge in [0.25, 0.3) is 0 Å². The van der Waals surface area contributed by atoms with Crippen LogP contribution in [0, 0.1) is 0 Å².